The Morgan fingerprint density at radius 3 is 2.84 bits per heavy atom. The molecule has 0 aliphatic carbocycles. The van der Waals surface area contributed by atoms with Gasteiger partial charge in [0.05, 0.1) is 10.7 Å². The van der Waals surface area contributed by atoms with Crippen LogP contribution in [-0.4, -0.2) is 34.9 Å². The lowest BCUT2D eigenvalue weighted by atomic mass is 10.1. The number of aromatic nitrogens is 2. The smallest absolute Gasteiger partial charge is 0.282 e. The third kappa shape index (κ3) is 3.87. The fourth-order valence-electron chi connectivity index (χ4n) is 1.81. The van der Waals surface area contributed by atoms with Gasteiger partial charge < -0.3 is 10.1 Å². The van der Waals surface area contributed by atoms with Crippen LogP contribution in [0.4, 0.5) is 0 Å². The van der Waals surface area contributed by atoms with Crippen LogP contribution >= 0.6 is 31.9 Å². The molecule has 0 spiro atoms. The van der Waals surface area contributed by atoms with Crippen molar-refractivity contribution in [1.29, 1.82) is 0 Å². The minimum Gasteiger partial charge on any atom is -0.381 e. The highest BCUT2D eigenvalue weighted by Gasteiger charge is 2.17. The van der Waals surface area contributed by atoms with Gasteiger partial charge in [0.2, 0.25) is 5.91 Å². The summed E-state index contributed by atoms with van der Waals surface area (Å²) in [6, 6.07) is 0.121. The van der Waals surface area contributed by atoms with Gasteiger partial charge in [0.15, 0.2) is 0 Å². The number of nitrogens with zero attached hydrogens (tertiary/aromatic N) is 2. The second-order valence-corrected chi connectivity index (χ2v) is 5.87. The van der Waals surface area contributed by atoms with E-state index in [0.717, 1.165) is 17.5 Å². The molecule has 1 amide bonds. The number of hydrogen-bond acceptors (Lipinski definition) is 4. The van der Waals surface area contributed by atoms with Gasteiger partial charge in [0.25, 0.3) is 5.56 Å². The lowest BCUT2D eigenvalue weighted by Crippen LogP contribution is -2.42. The number of rotatable bonds is 3. The maximum atomic E-state index is 11.9. The summed E-state index contributed by atoms with van der Waals surface area (Å²) < 4.78 is 7.28. The van der Waals surface area contributed by atoms with Gasteiger partial charge in [-0.05, 0) is 44.7 Å². The standard InChI is InChI=1S/C11H13Br2N3O3/c12-8-5-14-16(11(18)10(8)13)6-9(17)15-7-1-3-19-4-2-7/h5,7H,1-4,6H2,(H,15,17). The van der Waals surface area contributed by atoms with Crippen LogP contribution in [0.2, 0.25) is 0 Å². The molecule has 1 saturated heterocycles. The molecule has 1 fully saturated rings. The molecule has 2 heterocycles. The van der Waals surface area contributed by atoms with E-state index in [9.17, 15) is 9.59 Å². The minimum absolute atomic E-state index is 0.0813. The first-order chi connectivity index (χ1) is 9.08. The number of amides is 1. The van der Waals surface area contributed by atoms with Crippen LogP contribution in [-0.2, 0) is 16.1 Å². The quantitative estimate of drug-likeness (QED) is 0.831. The zero-order chi connectivity index (χ0) is 13.8. The van der Waals surface area contributed by atoms with E-state index in [1.165, 1.54) is 6.20 Å². The van der Waals surface area contributed by atoms with Gasteiger partial charge in [0.1, 0.15) is 11.0 Å². The topological polar surface area (TPSA) is 73.2 Å². The van der Waals surface area contributed by atoms with E-state index in [4.69, 9.17) is 4.74 Å². The summed E-state index contributed by atoms with van der Waals surface area (Å²) >= 11 is 6.34. The van der Waals surface area contributed by atoms with Crippen LogP contribution in [0.15, 0.2) is 19.9 Å². The van der Waals surface area contributed by atoms with Gasteiger partial charge in [-0.25, -0.2) is 4.68 Å². The molecular formula is C11H13Br2N3O3. The van der Waals surface area contributed by atoms with E-state index < -0.39 is 0 Å². The number of ether oxygens (including phenoxy) is 1. The molecule has 6 nitrogen and oxygen atoms in total. The molecule has 0 bridgehead atoms. The Morgan fingerprint density at radius 2 is 2.16 bits per heavy atom. The van der Waals surface area contributed by atoms with Crippen LogP contribution in [0, 0.1) is 0 Å². The summed E-state index contributed by atoms with van der Waals surface area (Å²) in [5.74, 6) is -0.212. The van der Waals surface area contributed by atoms with Crippen molar-refractivity contribution in [3.05, 3.63) is 25.5 Å². The number of halogens is 2. The molecule has 0 saturated carbocycles. The third-order valence-corrected chi connectivity index (χ3v) is 4.72. The maximum absolute atomic E-state index is 11.9. The van der Waals surface area contributed by atoms with Gasteiger partial charge in [-0.15, -0.1) is 0 Å². The summed E-state index contributed by atoms with van der Waals surface area (Å²) in [6.45, 7) is 1.24. The summed E-state index contributed by atoms with van der Waals surface area (Å²) in [5, 5.41) is 6.80. The first-order valence-electron chi connectivity index (χ1n) is 5.86. The summed E-state index contributed by atoms with van der Waals surface area (Å²) in [5.41, 5.74) is -0.337. The number of carbonyl (C=O) groups is 1. The fourth-order valence-corrected chi connectivity index (χ4v) is 2.38. The average molecular weight is 395 g/mol. The van der Waals surface area contributed by atoms with E-state index in [0.29, 0.717) is 22.2 Å². The fraction of sp³-hybridized carbons (Fsp3) is 0.545. The molecule has 0 unspecified atom stereocenters. The highest BCUT2D eigenvalue weighted by atomic mass is 79.9. The van der Waals surface area contributed by atoms with Crippen LogP contribution in [0.5, 0.6) is 0 Å². The Balaban J connectivity index is 1.99. The van der Waals surface area contributed by atoms with E-state index in [2.05, 4.69) is 42.3 Å². The molecule has 2 rings (SSSR count). The van der Waals surface area contributed by atoms with E-state index in [1.54, 1.807) is 0 Å². The SMILES string of the molecule is O=C(Cn1ncc(Br)c(Br)c1=O)NC1CCOCC1. The summed E-state index contributed by atoms with van der Waals surface area (Å²) in [7, 11) is 0. The largest absolute Gasteiger partial charge is 0.381 e. The number of hydrogen-bond donors (Lipinski definition) is 1. The molecule has 8 heteroatoms. The Kier molecular flexibility index (Phi) is 5.12. The van der Waals surface area contributed by atoms with Crippen molar-refractivity contribution in [2.45, 2.75) is 25.4 Å². The van der Waals surface area contributed by atoms with Gasteiger partial charge in [-0.1, -0.05) is 0 Å². The lowest BCUT2D eigenvalue weighted by molar-refractivity contribution is -0.123. The molecule has 1 aromatic rings. The zero-order valence-electron chi connectivity index (χ0n) is 10.1. The molecule has 0 radical (unpaired) electrons. The van der Waals surface area contributed by atoms with E-state index in [-0.39, 0.29) is 24.1 Å². The van der Waals surface area contributed by atoms with Gasteiger partial charge >= 0.3 is 0 Å². The maximum Gasteiger partial charge on any atom is 0.282 e. The highest BCUT2D eigenvalue weighted by molar-refractivity contribution is 9.13. The van der Waals surface area contributed by atoms with Crippen LogP contribution in [0.1, 0.15) is 12.8 Å². The van der Waals surface area contributed by atoms with Gasteiger partial charge in [-0.2, -0.15) is 5.10 Å². The van der Waals surface area contributed by atoms with Crippen molar-refractivity contribution < 1.29 is 9.53 Å². The second-order valence-electron chi connectivity index (χ2n) is 4.22. The number of nitrogens with one attached hydrogen (secondary N) is 1. The van der Waals surface area contributed by atoms with Crippen LogP contribution < -0.4 is 10.9 Å². The van der Waals surface area contributed by atoms with Crippen LogP contribution in [0.25, 0.3) is 0 Å². The molecule has 0 atom stereocenters. The van der Waals surface area contributed by atoms with Crippen molar-refractivity contribution in [3.63, 3.8) is 0 Å². The molecule has 104 valence electrons. The Bertz CT molecular complexity index is 526. The molecule has 0 aromatic carbocycles. The van der Waals surface area contributed by atoms with Crippen molar-refractivity contribution in [2.75, 3.05) is 13.2 Å². The van der Waals surface area contributed by atoms with Crippen molar-refractivity contribution in [1.82, 2.24) is 15.1 Å². The monoisotopic (exact) mass is 393 g/mol. The van der Waals surface area contributed by atoms with Crippen molar-refractivity contribution in [2.24, 2.45) is 0 Å². The molecular weight excluding hydrogens is 382 g/mol. The summed E-state index contributed by atoms with van der Waals surface area (Å²) in [4.78, 5) is 23.7. The Labute approximate surface area is 126 Å². The molecule has 19 heavy (non-hydrogen) atoms. The van der Waals surface area contributed by atoms with Crippen molar-refractivity contribution >= 4 is 37.8 Å². The lowest BCUT2D eigenvalue weighted by Gasteiger charge is -2.23. The molecule has 1 aliphatic rings. The first-order valence-corrected chi connectivity index (χ1v) is 7.44. The first kappa shape index (κ1) is 14.7. The second kappa shape index (κ2) is 6.62. The number of carbonyl (C=O) groups excluding carboxylic acids is 1. The molecule has 1 N–H and O–H groups in total. The van der Waals surface area contributed by atoms with Crippen molar-refractivity contribution in [3.8, 4) is 0 Å². The third-order valence-electron chi connectivity index (χ3n) is 2.82. The Morgan fingerprint density at radius 1 is 1.47 bits per heavy atom. The predicted octanol–water partition coefficient (Wildman–Crippen LogP) is 1.06. The van der Waals surface area contributed by atoms with Gasteiger partial charge in [0, 0.05) is 19.3 Å². The highest BCUT2D eigenvalue weighted by Crippen LogP contribution is 2.16. The molecule has 1 aliphatic heterocycles. The van der Waals surface area contributed by atoms with E-state index >= 15 is 0 Å². The molecule has 1 aromatic heterocycles. The normalized spacial score (nSPS) is 16.3. The van der Waals surface area contributed by atoms with E-state index in [1.807, 2.05) is 0 Å². The van der Waals surface area contributed by atoms with Crippen LogP contribution in [0.3, 0.4) is 0 Å². The average Bonchev–Trinajstić information content (AvgIpc) is 2.41. The Hall–Kier alpha value is -0.730. The van der Waals surface area contributed by atoms with Gasteiger partial charge in [-0.3, -0.25) is 9.59 Å². The summed E-state index contributed by atoms with van der Waals surface area (Å²) in [6.07, 6.45) is 3.09. The minimum atomic E-state index is -0.337. The predicted molar refractivity (Wildman–Crippen MR) is 75.9 cm³/mol. The zero-order valence-corrected chi connectivity index (χ0v) is 13.2.